The molecular weight excluding hydrogens is 317 g/mol. The summed E-state index contributed by atoms with van der Waals surface area (Å²) in [5.74, 6) is 0.197. The molecule has 0 saturated carbocycles. The zero-order chi connectivity index (χ0) is 14.0. The van der Waals surface area contributed by atoms with Crippen molar-refractivity contribution >= 4 is 47.1 Å². The molecule has 0 spiro atoms. The van der Waals surface area contributed by atoms with E-state index in [4.69, 9.17) is 27.9 Å². The fraction of sp³-hybridized carbons (Fsp3) is 0.750. The number of aliphatic imine (C=N–C) groups is 1. The van der Waals surface area contributed by atoms with E-state index in [1.165, 1.54) is 22.9 Å². The van der Waals surface area contributed by atoms with E-state index in [1.807, 2.05) is 0 Å². The van der Waals surface area contributed by atoms with Crippen LogP contribution in [0.1, 0.15) is 0 Å². The third kappa shape index (κ3) is 3.62. The van der Waals surface area contributed by atoms with Crippen LogP contribution in [0.2, 0.25) is 0 Å². The molecule has 0 aromatic rings. The van der Waals surface area contributed by atoms with Gasteiger partial charge in [-0.25, -0.2) is 10.1 Å². The van der Waals surface area contributed by atoms with E-state index in [0.29, 0.717) is 0 Å². The predicted octanol–water partition coefficient (Wildman–Crippen LogP) is 0.988. The van der Waals surface area contributed by atoms with Gasteiger partial charge in [-0.15, -0.1) is 0 Å². The molecule has 2 aliphatic rings. The van der Waals surface area contributed by atoms with E-state index in [2.05, 4.69) is 10.1 Å². The van der Waals surface area contributed by atoms with E-state index < -0.39 is 14.1 Å². The normalized spacial score (nSPS) is 33.2. The molecular formula is C8H11Cl2N5O3S. The molecule has 0 aromatic carbocycles. The number of rotatable bonds is 3. The Morgan fingerprint density at radius 1 is 1.79 bits per heavy atom. The van der Waals surface area contributed by atoms with Crippen molar-refractivity contribution in [1.82, 2.24) is 9.80 Å². The fourth-order valence-corrected chi connectivity index (χ4v) is 3.63. The van der Waals surface area contributed by atoms with Gasteiger partial charge in [0.05, 0.1) is 6.54 Å². The quantitative estimate of drug-likeness (QED) is 0.332. The summed E-state index contributed by atoms with van der Waals surface area (Å²) in [6.45, 7) is 0.660. The number of hydrazone groups is 1. The highest BCUT2D eigenvalue weighted by molar-refractivity contribution is 8.04. The number of guanidine groups is 1. The van der Waals surface area contributed by atoms with Gasteiger partial charge in [-0.1, -0.05) is 35.0 Å². The molecule has 8 nitrogen and oxygen atoms in total. The minimum atomic E-state index is -0.842. The van der Waals surface area contributed by atoms with E-state index >= 15 is 0 Å². The maximum atomic E-state index is 10.6. The van der Waals surface area contributed by atoms with Gasteiger partial charge in [-0.05, 0) is 0 Å². The number of nitrogens with zero attached hydrogens (tertiary/aromatic N) is 5. The third-order valence-corrected chi connectivity index (χ3v) is 4.22. The smallest absolute Gasteiger partial charge is 0.277 e. The minimum absolute atomic E-state index is 0.173. The lowest BCUT2D eigenvalue weighted by atomic mass is 10.4. The van der Waals surface area contributed by atoms with Crippen LogP contribution in [0.4, 0.5) is 0 Å². The van der Waals surface area contributed by atoms with E-state index in [9.17, 15) is 10.1 Å². The molecule has 2 aliphatic heterocycles. The van der Waals surface area contributed by atoms with Crippen LogP contribution in [0.5, 0.6) is 0 Å². The summed E-state index contributed by atoms with van der Waals surface area (Å²) in [5.41, 5.74) is 0. The summed E-state index contributed by atoms with van der Waals surface area (Å²) in [6.07, 6.45) is 1.54. The van der Waals surface area contributed by atoms with Crippen molar-refractivity contribution in [3.63, 3.8) is 0 Å². The zero-order valence-corrected chi connectivity index (χ0v) is 12.2. The molecule has 0 radical (unpaired) electrons. The Balaban J connectivity index is 2.13. The summed E-state index contributed by atoms with van der Waals surface area (Å²) in [7, 11) is 1.65. The van der Waals surface area contributed by atoms with E-state index in [0.717, 1.165) is 0 Å². The summed E-state index contributed by atoms with van der Waals surface area (Å²) >= 11 is 13.4. The number of hydrogen-bond acceptors (Lipinski definition) is 5. The highest BCUT2D eigenvalue weighted by Crippen LogP contribution is 2.40. The maximum absolute atomic E-state index is 10.6. The molecule has 2 atom stereocenters. The van der Waals surface area contributed by atoms with Gasteiger partial charge in [-0.3, -0.25) is 4.99 Å². The molecule has 0 aromatic heterocycles. The van der Waals surface area contributed by atoms with Gasteiger partial charge < -0.3 is 14.5 Å². The molecule has 1 fully saturated rings. The molecule has 106 valence electrons. The lowest BCUT2D eigenvalue weighted by molar-refractivity contribution is -0.486. The lowest BCUT2D eigenvalue weighted by Crippen LogP contribution is -2.53. The Morgan fingerprint density at radius 2 is 2.53 bits per heavy atom. The molecule has 11 heteroatoms. The van der Waals surface area contributed by atoms with Crippen LogP contribution < -0.4 is 0 Å². The first-order chi connectivity index (χ1) is 8.89. The summed E-state index contributed by atoms with van der Waals surface area (Å²) in [6, 6.07) is 0. The zero-order valence-electron chi connectivity index (χ0n) is 9.90. The fourth-order valence-electron chi connectivity index (χ4n) is 1.70. The Kier molecular flexibility index (Phi) is 4.39. The van der Waals surface area contributed by atoms with E-state index in [-0.39, 0.29) is 26.0 Å². The Hall–Kier alpha value is -0.770. The number of hydrogen-bond donors (Lipinski definition) is 0. The van der Waals surface area contributed by atoms with Crippen molar-refractivity contribution in [2.24, 2.45) is 10.1 Å². The number of nitro groups is 1. The van der Waals surface area contributed by atoms with Crippen molar-refractivity contribution < 1.29 is 9.77 Å². The molecule has 0 N–H and O–H groups in total. The second kappa shape index (κ2) is 5.70. The highest BCUT2D eigenvalue weighted by Gasteiger charge is 2.39. The largest absolute Gasteiger partial charge is 0.341 e. The average Bonchev–Trinajstić information content (AvgIpc) is 2.63. The Morgan fingerprint density at radius 3 is 3.11 bits per heavy atom. The average molecular weight is 328 g/mol. The van der Waals surface area contributed by atoms with Crippen molar-refractivity contribution in [2.75, 3.05) is 27.1 Å². The standard InChI is InChI=1S/C8H11Cl2N5O3S/c1-13-4-18-5-14(7(13)12-15(16)17)3-8(10)2-11-6(9)19-8/h2,6H,3-5H2,1H3. The monoisotopic (exact) mass is 327 g/mol. The van der Waals surface area contributed by atoms with Gasteiger partial charge in [0.1, 0.15) is 22.8 Å². The first-order valence-corrected chi connectivity index (χ1v) is 6.91. The highest BCUT2D eigenvalue weighted by atomic mass is 35.5. The molecule has 2 rings (SSSR count). The van der Waals surface area contributed by atoms with Gasteiger partial charge >= 0.3 is 0 Å². The molecule has 0 amide bonds. The maximum Gasteiger partial charge on any atom is 0.277 e. The first kappa shape index (κ1) is 14.6. The van der Waals surface area contributed by atoms with E-state index in [1.54, 1.807) is 11.9 Å². The predicted molar refractivity (Wildman–Crippen MR) is 74.0 cm³/mol. The van der Waals surface area contributed by atoms with Gasteiger partial charge in [0.25, 0.3) is 5.96 Å². The molecule has 2 unspecified atom stereocenters. The lowest BCUT2D eigenvalue weighted by Gasteiger charge is -2.37. The minimum Gasteiger partial charge on any atom is -0.341 e. The number of thioether (sulfide) groups is 1. The van der Waals surface area contributed by atoms with Gasteiger partial charge in [0.15, 0.2) is 9.87 Å². The third-order valence-electron chi connectivity index (χ3n) is 2.41. The molecule has 1 saturated heterocycles. The van der Waals surface area contributed by atoms with Gasteiger partial charge in [0, 0.05) is 13.3 Å². The second-order valence-corrected chi connectivity index (χ2v) is 6.95. The van der Waals surface area contributed by atoms with Crippen LogP contribution in [0.15, 0.2) is 10.1 Å². The van der Waals surface area contributed by atoms with Crippen LogP contribution in [0.25, 0.3) is 0 Å². The Bertz CT molecular complexity index is 437. The number of alkyl halides is 2. The van der Waals surface area contributed by atoms with Crippen LogP contribution in [0, 0.1) is 10.1 Å². The summed E-state index contributed by atoms with van der Waals surface area (Å²) in [4.78, 5) is 17.2. The van der Waals surface area contributed by atoms with Crippen LogP contribution in [-0.4, -0.2) is 63.1 Å². The van der Waals surface area contributed by atoms with Crippen LogP contribution in [-0.2, 0) is 4.74 Å². The molecule has 2 heterocycles. The molecule has 0 bridgehead atoms. The van der Waals surface area contributed by atoms with Crippen LogP contribution >= 0.6 is 35.0 Å². The second-order valence-electron chi connectivity index (χ2n) is 3.97. The summed E-state index contributed by atoms with van der Waals surface area (Å²) in [5, 5.41) is 13.2. The molecule has 19 heavy (non-hydrogen) atoms. The van der Waals surface area contributed by atoms with Gasteiger partial charge in [0.2, 0.25) is 0 Å². The topological polar surface area (TPSA) is 83.6 Å². The SMILES string of the molecule is CN1COCN(CC2(Cl)C=NC(Cl)S2)C1=N[N+](=O)[O-]. The summed E-state index contributed by atoms with van der Waals surface area (Å²) < 4.78 is 4.45. The number of ether oxygens (including phenoxy) is 1. The Labute approximate surface area is 123 Å². The first-order valence-electron chi connectivity index (χ1n) is 5.21. The number of halogens is 2. The van der Waals surface area contributed by atoms with Gasteiger partial charge in [-0.2, -0.15) is 0 Å². The van der Waals surface area contributed by atoms with Crippen LogP contribution in [0.3, 0.4) is 0 Å². The van der Waals surface area contributed by atoms with Crippen molar-refractivity contribution in [1.29, 1.82) is 0 Å². The molecule has 0 aliphatic carbocycles. The van der Waals surface area contributed by atoms with Crippen molar-refractivity contribution in [2.45, 2.75) is 9.04 Å². The van der Waals surface area contributed by atoms with Crippen molar-refractivity contribution in [3.8, 4) is 0 Å². The van der Waals surface area contributed by atoms with Crippen molar-refractivity contribution in [3.05, 3.63) is 10.1 Å².